The number of hydrogen-bond acceptors (Lipinski definition) is 2. The van der Waals surface area contributed by atoms with Gasteiger partial charge in [-0.3, -0.25) is 5.32 Å². The van der Waals surface area contributed by atoms with Gasteiger partial charge >= 0.3 is 24.6 Å². The summed E-state index contributed by atoms with van der Waals surface area (Å²) < 4.78 is 122. The molecule has 0 aliphatic carbocycles. The molecule has 0 fully saturated rings. The van der Waals surface area contributed by atoms with E-state index in [4.69, 9.17) is 4.74 Å². The first-order chi connectivity index (χ1) is 12.4. The van der Waals surface area contributed by atoms with E-state index in [1.165, 1.54) is 12.1 Å². The number of hydrogen-bond donors (Lipinski definition) is 1. The fourth-order valence-corrected chi connectivity index (χ4v) is 2.06. The lowest BCUT2D eigenvalue weighted by molar-refractivity contribution is -0.270. The highest BCUT2D eigenvalue weighted by atomic mass is 19.4. The molecular weight excluding hydrogens is 393 g/mol. The number of anilines is 1. The van der Waals surface area contributed by atoms with Crippen LogP contribution in [0.2, 0.25) is 0 Å². The molecule has 0 unspecified atom stereocenters. The number of para-hydroxylation sites is 3. The van der Waals surface area contributed by atoms with Crippen LogP contribution in [0.1, 0.15) is 5.56 Å². The molecule has 0 aliphatic heterocycles. The van der Waals surface area contributed by atoms with Crippen LogP contribution in [0.5, 0.6) is 11.5 Å². The molecule has 2 rings (SSSR count). The molecule has 2 aromatic rings. The van der Waals surface area contributed by atoms with Crippen molar-refractivity contribution in [1.82, 2.24) is 0 Å². The highest BCUT2D eigenvalue weighted by Gasteiger charge is 2.64. The van der Waals surface area contributed by atoms with Gasteiger partial charge in [0, 0.05) is 0 Å². The topological polar surface area (TPSA) is 21.3 Å². The molecule has 0 spiro atoms. The zero-order chi connectivity index (χ0) is 20.5. The standard InChI is InChI=1S/C16H10F9NO/c17-13(18)15(21,22)14(19,20)9-5-1-3-7-11(9)27-12-8-4-2-6-10(12)26-16(23,24)25/h1-8,13,26H. The Morgan fingerprint density at radius 1 is 0.741 bits per heavy atom. The summed E-state index contributed by atoms with van der Waals surface area (Å²) in [5, 5.41) is 1.10. The fourth-order valence-electron chi connectivity index (χ4n) is 2.06. The Morgan fingerprint density at radius 3 is 1.81 bits per heavy atom. The van der Waals surface area contributed by atoms with Crippen molar-refractivity contribution in [2.24, 2.45) is 0 Å². The second kappa shape index (κ2) is 7.20. The first-order valence-corrected chi connectivity index (χ1v) is 7.11. The summed E-state index contributed by atoms with van der Waals surface area (Å²) in [5.41, 5.74) is -2.29. The van der Waals surface area contributed by atoms with Crippen LogP contribution in [0, 0.1) is 0 Å². The number of alkyl halides is 9. The Morgan fingerprint density at radius 2 is 1.26 bits per heavy atom. The van der Waals surface area contributed by atoms with E-state index < -0.39 is 47.3 Å². The van der Waals surface area contributed by atoms with Gasteiger partial charge < -0.3 is 4.74 Å². The molecule has 27 heavy (non-hydrogen) atoms. The van der Waals surface area contributed by atoms with Gasteiger partial charge in [-0.15, -0.1) is 0 Å². The molecule has 148 valence electrons. The van der Waals surface area contributed by atoms with Gasteiger partial charge in [-0.25, -0.2) is 8.78 Å². The Kier molecular flexibility index (Phi) is 5.52. The molecule has 2 nitrogen and oxygen atoms in total. The lowest BCUT2D eigenvalue weighted by Crippen LogP contribution is -2.44. The number of benzene rings is 2. The average molecular weight is 403 g/mol. The van der Waals surface area contributed by atoms with Gasteiger partial charge in [0.15, 0.2) is 5.75 Å². The monoisotopic (exact) mass is 403 g/mol. The molecule has 11 heteroatoms. The van der Waals surface area contributed by atoms with Crippen LogP contribution in [-0.4, -0.2) is 18.6 Å². The van der Waals surface area contributed by atoms with Crippen LogP contribution in [0.15, 0.2) is 48.5 Å². The lowest BCUT2D eigenvalue weighted by Gasteiger charge is -2.27. The second-order valence-corrected chi connectivity index (χ2v) is 5.22. The highest BCUT2D eigenvalue weighted by Crippen LogP contribution is 2.50. The minimum absolute atomic E-state index is 0.422. The van der Waals surface area contributed by atoms with Gasteiger partial charge in [0.2, 0.25) is 0 Å². The predicted octanol–water partition coefficient (Wildman–Crippen LogP) is 6.40. The van der Waals surface area contributed by atoms with E-state index in [0.29, 0.717) is 6.07 Å². The third kappa shape index (κ3) is 4.40. The predicted molar refractivity (Wildman–Crippen MR) is 77.5 cm³/mol. The van der Waals surface area contributed by atoms with Crippen LogP contribution in [0.25, 0.3) is 0 Å². The van der Waals surface area contributed by atoms with Gasteiger partial charge in [0.1, 0.15) is 5.75 Å². The Bertz CT molecular complexity index is 789. The van der Waals surface area contributed by atoms with Crippen molar-refractivity contribution in [2.45, 2.75) is 24.6 Å². The van der Waals surface area contributed by atoms with Crippen molar-refractivity contribution < 1.29 is 44.3 Å². The molecular formula is C16H10F9NO. The molecule has 0 saturated carbocycles. The smallest absolute Gasteiger partial charge is 0.455 e. The van der Waals surface area contributed by atoms with Crippen molar-refractivity contribution in [3.05, 3.63) is 54.1 Å². The van der Waals surface area contributed by atoms with Crippen LogP contribution < -0.4 is 10.1 Å². The normalized spacial score (nSPS) is 13.0. The maximum Gasteiger partial charge on any atom is 0.482 e. The van der Waals surface area contributed by atoms with E-state index in [-0.39, 0.29) is 0 Å². The lowest BCUT2D eigenvalue weighted by atomic mass is 10.0. The Balaban J connectivity index is 2.47. The molecule has 1 N–H and O–H groups in total. The van der Waals surface area contributed by atoms with Crippen molar-refractivity contribution in [3.8, 4) is 11.5 Å². The van der Waals surface area contributed by atoms with Gasteiger partial charge in [0.25, 0.3) is 0 Å². The number of nitrogens with one attached hydrogen (secondary N) is 1. The minimum atomic E-state index is -5.73. The molecule has 0 aliphatic rings. The van der Waals surface area contributed by atoms with Gasteiger partial charge in [-0.1, -0.05) is 24.3 Å². The van der Waals surface area contributed by atoms with Gasteiger partial charge in [-0.05, 0) is 24.3 Å². The summed E-state index contributed by atoms with van der Waals surface area (Å²) in [6.07, 6.45) is -9.58. The largest absolute Gasteiger partial charge is 0.482 e. The summed E-state index contributed by atoms with van der Waals surface area (Å²) in [6.45, 7) is 0. The molecule has 0 aromatic heterocycles. The number of rotatable bonds is 6. The van der Waals surface area contributed by atoms with Crippen molar-refractivity contribution in [1.29, 1.82) is 0 Å². The summed E-state index contributed by atoms with van der Waals surface area (Å²) in [5.74, 6) is -12.7. The molecule has 0 heterocycles. The summed E-state index contributed by atoms with van der Waals surface area (Å²) >= 11 is 0. The molecule has 0 amide bonds. The van der Waals surface area contributed by atoms with Crippen molar-refractivity contribution in [2.75, 3.05) is 5.32 Å². The Hall–Kier alpha value is -2.59. The first-order valence-electron chi connectivity index (χ1n) is 7.11. The van der Waals surface area contributed by atoms with E-state index in [1.807, 2.05) is 0 Å². The quantitative estimate of drug-likeness (QED) is 0.445. The Labute approximate surface area is 146 Å². The zero-order valence-corrected chi connectivity index (χ0v) is 13.0. The second-order valence-electron chi connectivity index (χ2n) is 5.22. The molecule has 0 saturated heterocycles. The molecule has 0 bridgehead atoms. The van der Waals surface area contributed by atoms with E-state index in [1.54, 1.807) is 0 Å². The van der Waals surface area contributed by atoms with E-state index in [0.717, 1.165) is 35.6 Å². The minimum Gasteiger partial charge on any atom is -0.455 e. The third-order valence-electron chi connectivity index (χ3n) is 3.30. The van der Waals surface area contributed by atoms with Gasteiger partial charge in [-0.2, -0.15) is 30.7 Å². The number of ether oxygens (including phenoxy) is 1. The van der Waals surface area contributed by atoms with E-state index in [9.17, 15) is 39.5 Å². The van der Waals surface area contributed by atoms with Crippen LogP contribution in [0.3, 0.4) is 0 Å². The summed E-state index contributed by atoms with van der Waals surface area (Å²) in [4.78, 5) is 0. The van der Waals surface area contributed by atoms with Crippen molar-refractivity contribution in [3.63, 3.8) is 0 Å². The van der Waals surface area contributed by atoms with Crippen molar-refractivity contribution >= 4 is 5.69 Å². The van der Waals surface area contributed by atoms with Crippen LogP contribution >= 0.6 is 0 Å². The average Bonchev–Trinajstić information content (AvgIpc) is 2.55. The molecule has 2 aromatic carbocycles. The zero-order valence-electron chi connectivity index (χ0n) is 13.0. The maximum atomic E-state index is 14.0. The van der Waals surface area contributed by atoms with Crippen LogP contribution in [0.4, 0.5) is 45.2 Å². The fraction of sp³-hybridized carbons (Fsp3) is 0.250. The van der Waals surface area contributed by atoms with E-state index >= 15 is 0 Å². The molecule has 0 radical (unpaired) electrons. The summed E-state index contributed by atoms with van der Waals surface area (Å²) in [6, 6.07) is 7.33. The maximum absolute atomic E-state index is 14.0. The number of halogens is 9. The molecule has 0 atom stereocenters. The summed E-state index contributed by atoms with van der Waals surface area (Å²) in [7, 11) is 0. The SMILES string of the molecule is FC(F)C(F)(F)C(F)(F)c1ccccc1Oc1ccccc1NC(F)(F)F. The first kappa shape index (κ1) is 20.7. The van der Waals surface area contributed by atoms with Gasteiger partial charge in [0.05, 0.1) is 11.3 Å². The highest BCUT2D eigenvalue weighted by molar-refractivity contribution is 5.58. The van der Waals surface area contributed by atoms with E-state index in [2.05, 4.69) is 0 Å². The third-order valence-corrected chi connectivity index (χ3v) is 3.30. The van der Waals surface area contributed by atoms with Crippen LogP contribution in [-0.2, 0) is 5.92 Å².